The standard InChI is InChI=1S/C8H6BF5.C8H6F4.2C8H10.C7H3F5O/c1-9(2)3-4(10)6(12)8(14)7(13)5(3)11;1-3-5(9)7(11)4(2)8(12)6(3)10;1-7-4-3-5-8(2)6-7;1-7-5-3-4-6-8(7)2;1-13-7-5(11)3(9)2(8)4(10)6(7)12/h1-2H3;1-2H3;2*3-6H,1-2H3;1H3. The van der Waals surface area contributed by atoms with Crippen LogP contribution in [-0.4, -0.2) is 13.8 Å². The van der Waals surface area contributed by atoms with Crippen molar-refractivity contribution in [2.24, 2.45) is 0 Å². The first-order valence-electron chi connectivity index (χ1n) is 15.9. The number of ether oxygens (including phenoxy) is 1. The van der Waals surface area contributed by atoms with Crippen molar-refractivity contribution in [2.75, 3.05) is 7.11 Å². The Balaban J connectivity index is 0.000000349. The molecule has 55 heavy (non-hydrogen) atoms. The van der Waals surface area contributed by atoms with Gasteiger partial charge in [-0.25, -0.2) is 52.7 Å². The monoisotopic (exact) mass is 796 g/mol. The molecule has 5 aromatic rings. The van der Waals surface area contributed by atoms with Crippen LogP contribution in [0.2, 0.25) is 13.6 Å². The van der Waals surface area contributed by atoms with Crippen LogP contribution in [0.1, 0.15) is 33.4 Å². The zero-order valence-electron chi connectivity index (χ0n) is 30.9. The van der Waals surface area contributed by atoms with E-state index in [1.165, 1.54) is 35.9 Å². The lowest BCUT2D eigenvalue weighted by atomic mass is 9.49. The fourth-order valence-corrected chi connectivity index (χ4v) is 4.21. The summed E-state index contributed by atoms with van der Waals surface area (Å²) in [6.07, 6.45) is 0. The molecule has 0 saturated heterocycles. The summed E-state index contributed by atoms with van der Waals surface area (Å²) in [5.41, 5.74) is 3.38. The van der Waals surface area contributed by atoms with Gasteiger partial charge in [0.05, 0.1) is 7.11 Å². The van der Waals surface area contributed by atoms with Gasteiger partial charge < -0.3 is 4.74 Å². The zero-order chi connectivity index (χ0) is 42.6. The first-order valence-corrected chi connectivity index (χ1v) is 15.9. The summed E-state index contributed by atoms with van der Waals surface area (Å²) in [4.78, 5) is 0. The van der Waals surface area contributed by atoms with Crippen LogP contribution < -0.4 is 10.2 Å². The lowest BCUT2D eigenvalue weighted by Gasteiger charge is -2.08. The molecule has 298 valence electrons. The van der Waals surface area contributed by atoms with Gasteiger partial charge >= 0.3 is 0 Å². The van der Waals surface area contributed by atoms with E-state index in [0.717, 1.165) is 21.0 Å². The maximum atomic E-state index is 12.9. The highest BCUT2D eigenvalue weighted by atomic mass is 19.2. The fourth-order valence-electron chi connectivity index (χ4n) is 4.21. The second kappa shape index (κ2) is 21.2. The quantitative estimate of drug-likeness (QED) is 0.0748. The smallest absolute Gasteiger partial charge is 0.206 e. The molecule has 0 radical (unpaired) electrons. The van der Waals surface area contributed by atoms with Gasteiger partial charge in [-0.1, -0.05) is 73.3 Å². The summed E-state index contributed by atoms with van der Waals surface area (Å²) in [5, 5.41) is 0. The molecule has 0 amide bonds. The average molecular weight is 796 g/mol. The highest BCUT2D eigenvalue weighted by Gasteiger charge is 2.28. The Hall–Kier alpha value is -5.02. The van der Waals surface area contributed by atoms with Crippen molar-refractivity contribution >= 4 is 12.2 Å². The normalized spacial score (nSPS) is 10.1. The second-order valence-electron chi connectivity index (χ2n) is 12.0. The molecule has 5 aromatic carbocycles. The third kappa shape index (κ3) is 12.2. The Morgan fingerprint density at radius 3 is 0.909 bits per heavy atom. The minimum Gasteiger partial charge on any atom is -0.491 e. The van der Waals surface area contributed by atoms with E-state index < -0.39 is 110 Å². The zero-order valence-corrected chi connectivity index (χ0v) is 30.9. The lowest BCUT2D eigenvalue weighted by molar-refractivity contribution is 0.310. The van der Waals surface area contributed by atoms with Crippen molar-refractivity contribution < 1.29 is 66.2 Å². The van der Waals surface area contributed by atoms with Gasteiger partial charge in [0.2, 0.25) is 29.1 Å². The fraction of sp³-hybridized carbons (Fsp3) is 0.231. The molecule has 0 bridgehead atoms. The number of hydrogen-bond donors (Lipinski definition) is 0. The summed E-state index contributed by atoms with van der Waals surface area (Å²) in [6.45, 7) is 12.3. The SMILES string of the molecule is CB(C)c1c(F)c(F)c(F)c(F)c1F.COc1c(F)c(F)c(F)c(F)c1F.Cc1c(F)c(F)c(C)c(F)c1F.Cc1cccc(C)c1.Cc1ccccc1C. The maximum Gasteiger partial charge on any atom is 0.206 e. The third-order valence-electron chi connectivity index (χ3n) is 7.50. The van der Waals surface area contributed by atoms with Crippen LogP contribution in [0.3, 0.4) is 0 Å². The van der Waals surface area contributed by atoms with Gasteiger partial charge in [0.1, 0.15) is 0 Å². The lowest BCUT2D eigenvalue weighted by Crippen LogP contribution is -2.33. The van der Waals surface area contributed by atoms with Crippen LogP contribution in [0.5, 0.6) is 5.75 Å². The van der Waals surface area contributed by atoms with E-state index >= 15 is 0 Å². The van der Waals surface area contributed by atoms with E-state index in [1.54, 1.807) is 0 Å². The average Bonchev–Trinajstić information content (AvgIpc) is 3.14. The molecule has 0 spiro atoms. The third-order valence-corrected chi connectivity index (χ3v) is 7.50. The number of benzene rings is 5. The van der Waals surface area contributed by atoms with Crippen LogP contribution in [-0.2, 0) is 0 Å². The number of halogens is 14. The molecule has 0 aliphatic rings. The molecular formula is C39H35BF14O. The number of methoxy groups -OCH3 is 1. The van der Waals surface area contributed by atoms with Gasteiger partial charge in [-0.2, -0.15) is 8.78 Å². The van der Waals surface area contributed by atoms with Crippen molar-refractivity contribution in [3.8, 4) is 5.75 Å². The summed E-state index contributed by atoms with van der Waals surface area (Å²) < 4.78 is 180. The molecule has 0 fully saturated rings. The topological polar surface area (TPSA) is 9.23 Å². The molecule has 0 aliphatic heterocycles. The highest BCUT2D eigenvalue weighted by molar-refractivity contribution is 6.70. The Morgan fingerprint density at radius 1 is 0.382 bits per heavy atom. The van der Waals surface area contributed by atoms with E-state index in [0.29, 0.717) is 0 Å². The minimum atomic E-state index is -2.20. The predicted octanol–water partition coefficient (Wildman–Crippen LogP) is 12.2. The van der Waals surface area contributed by atoms with Crippen LogP contribution >= 0.6 is 0 Å². The molecule has 0 aliphatic carbocycles. The van der Waals surface area contributed by atoms with Crippen LogP contribution in [0.4, 0.5) is 61.5 Å². The van der Waals surface area contributed by atoms with Gasteiger partial charge in [-0.3, -0.25) is 0 Å². The van der Waals surface area contributed by atoms with Crippen molar-refractivity contribution in [1.29, 1.82) is 0 Å². The molecule has 0 aromatic heterocycles. The minimum absolute atomic E-state index is 0.629. The summed E-state index contributed by atoms with van der Waals surface area (Å²) in [6, 6.07) is 16.8. The second-order valence-corrected chi connectivity index (χ2v) is 12.0. The Bertz CT molecular complexity index is 1900. The molecular weight excluding hydrogens is 761 g/mol. The predicted molar refractivity (Wildman–Crippen MR) is 184 cm³/mol. The molecule has 5 rings (SSSR count). The van der Waals surface area contributed by atoms with Crippen molar-refractivity contribution in [3.05, 3.63) is 163 Å². The highest BCUT2D eigenvalue weighted by Crippen LogP contribution is 2.28. The largest absolute Gasteiger partial charge is 0.491 e. The van der Waals surface area contributed by atoms with E-state index in [-0.39, 0.29) is 0 Å². The Morgan fingerprint density at radius 2 is 0.673 bits per heavy atom. The van der Waals surface area contributed by atoms with Crippen LogP contribution in [0.25, 0.3) is 0 Å². The first-order chi connectivity index (χ1) is 25.4. The summed E-state index contributed by atoms with van der Waals surface area (Å²) in [7, 11) is 0.804. The molecule has 16 heteroatoms. The molecule has 1 nitrogen and oxygen atoms in total. The number of aryl methyl sites for hydroxylation is 4. The number of hydrogen-bond acceptors (Lipinski definition) is 1. The molecule has 0 unspecified atom stereocenters. The van der Waals surface area contributed by atoms with E-state index in [2.05, 4.69) is 81.0 Å². The van der Waals surface area contributed by atoms with Crippen molar-refractivity contribution in [2.45, 2.75) is 55.2 Å². The Kier molecular flexibility index (Phi) is 18.5. The number of rotatable bonds is 2. The van der Waals surface area contributed by atoms with Gasteiger partial charge in [0.25, 0.3) is 0 Å². The Labute approximate surface area is 309 Å². The van der Waals surface area contributed by atoms with E-state index in [4.69, 9.17) is 0 Å². The molecule has 0 N–H and O–H groups in total. The van der Waals surface area contributed by atoms with E-state index in [9.17, 15) is 61.5 Å². The van der Waals surface area contributed by atoms with Gasteiger partial charge in [0, 0.05) is 11.1 Å². The maximum absolute atomic E-state index is 12.9. The van der Waals surface area contributed by atoms with Gasteiger partial charge in [0.15, 0.2) is 64.8 Å². The van der Waals surface area contributed by atoms with Crippen LogP contribution in [0.15, 0.2) is 48.5 Å². The summed E-state index contributed by atoms with van der Waals surface area (Å²) >= 11 is 0. The molecule has 0 heterocycles. The summed E-state index contributed by atoms with van der Waals surface area (Å²) in [5.74, 6) is -26.2. The van der Waals surface area contributed by atoms with Gasteiger partial charge in [-0.15, -0.1) is 0 Å². The van der Waals surface area contributed by atoms with Crippen molar-refractivity contribution in [3.63, 3.8) is 0 Å². The van der Waals surface area contributed by atoms with Crippen molar-refractivity contribution in [1.82, 2.24) is 0 Å². The first kappa shape index (κ1) is 48.0. The van der Waals surface area contributed by atoms with E-state index in [1.807, 2.05) is 0 Å². The molecule has 0 saturated carbocycles. The molecule has 0 atom stereocenters. The van der Waals surface area contributed by atoms with Crippen LogP contribution in [0, 0.1) is 123 Å². The van der Waals surface area contributed by atoms with Gasteiger partial charge in [-0.05, 0) is 58.1 Å².